The number of likely N-dealkylation sites (tertiary alicyclic amines) is 1. The summed E-state index contributed by atoms with van der Waals surface area (Å²) in [6, 6.07) is 7.28. The molecule has 1 unspecified atom stereocenters. The molecule has 0 aliphatic carbocycles. The minimum atomic E-state index is -0.492. The molecular weight excluding hydrogens is 468 g/mol. The van der Waals surface area contributed by atoms with Crippen LogP contribution in [0.25, 0.3) is 0 Å². The van der Waals surface area contributed by atoms with Gasteiger partial charge in [-0.25, -0.2) is 0 Å². The van der Waals surface area contributed by atoms with E-state index in [0.29, 0.717) is 60.3 Å². The van der Waals surface area contributed by atoms with Crippen LogP contribution in [0.3, 0.4) is 0 Å². The first-order valence-electron chi connectivity index (χ1n) is 12.4. The molecule has 190 valence electrons. The lowest BCUT2D eigenvalue weighted by atomic mass is 9.77. The third kappa shape index (κ3) is 5.98. The first-order chi connectivity index (χ1) is 16.8. The number of benzene rings is 1. The van der Waals surface area contributed by atoms with E-state index in [4.69, 9.17) is 20.9 Å². The Hall–Kier alpha value is -2.58. The fourth-order valence-corrected chi connectivity index (χ4v) is 5.25. The van der Waals surface area contributed by atoms with Crippen LogP contribution in [-0.4, -0.2) is 84.6 Å². The molecule has 1 atom stereocenters. The van der Waals surface area contributed by atoms with Gasteiger partial charge in [-0.2, -0.15) is 0 Å². The molecule has 2 fully saturated rings. The highest BCUT2D eigenvalue weighted by Gasteiger charge is 2.42. The monoisotopic (exact) mass is 502 g/mol. The highest BCUT2D eigenvalue weighted by Crippen LogP contribution is 2.36. The summed E-state index contributed by atoms with van der Waals surface area (Å²) < 4.78 is 11.5. The standard InChI is InChI=1S/C26H35ClN4O4/c1-4-22-24(19(2)35-28-22)25(33)31-10-6-9-26(17-31,18-34-21-8-5-7-20(27)15-21)16-23(32)30-13-11-29(3)12-14-30/h5,7-8,15H,4,6,9-14,16-18H2,1-3H3. The number of likely N-dealkylation sites (N-methyl/N-ethyl adjacent to an activating group) is 1. The van der Waals surface area contributed by atoms with Crippen molar-refractivity contribution in [2.45, 2.75) is 39.5 Å². The topological polar surface area (TPSA) is 79.1 Å². The normalized spacial score (nSPS) is 21.3. The van der Waals surface area contributed by atoms with Crippen molar-refractivity contribution in [3.8, 4) is 5.75 Å². The van der Waals surface area contributed by atoms with Gasteiger partial charge in [0.25, 0.3) is 5.91 Å². The molecule has 2 aliphatic heterocycles. The van der Waals surface area contributed by atoms with E-state index in [9.17, 15) is 9.59 Å². The van der Waals surface area contributed by atoms with Crippen molar-refractivity contribution in [3.63, 3.8) is 0 Å². The zero-order valence-electron chi connectivity index (χ0n) is 20.9. The highest BCUT2D eigenvalue weighted by atomic mass is 35.5. The van der Waals surface area contributed by atoms with E-state index in [-0.39, 0.29) is 11.8 Å². The second-order valence-electron chi connectivity index (χ2n) is 9.85. The van der Waals surface area contributed by atoms with Crippen LogP contribution in [0.15, 0.2) is 28.8 Å². The van der Waals surface area contributed by atoms with E-state index >= 15 is 0 Å². The number of rotatable bonds is 7. The van der Waals surface area contributed by atoms with Crippen molar-refractivity contribution in [2.75, 3.05) is 52.9 Å². The lowest BCUT2D eigenvalue weighted by molar-refractivity contribution is -0.137. The molecule has 0 spiro atoms. The molecule has 35 heavy (non-hydrogen) atoms. The Morgan fingerprint density at radius 3 is 2.66 bits per heavy atom. The van der Waals surface area contributed by atoms with Crippen LogP contribution in [0.2, 0.25) is 5.02 Å². The van der Waals surface area contributed by atoms with Crippen LogP contribution >= 0.6 is 11.6 Å². The Bertz CT molecular complexity index is 1050. The van der Waals surface area contributed by atoms with Crippen LogP contribution in [0.5, 0.6) is 5.75 Å². The fourth-order valence-electron chi connectivity index (χ4n) is 5.07. The van der Waals surface area contributed by atoms with Gasteiger partial charge in [0.2, 0.25) is 5.91 Å². The average molecular weight is 503 g/mol. The second kappa shape index (κ2) is 11.0. The summed E-state index contributed by atoms with van der Waals surface area (Å²) >= 11 is 6.15. The zero-order valence-corrected chi connectivity index (χ0v) is 21.6. The lowest BCUT2D eigenvalue weighted by Gasteiger charge is -2.43. The number of aromatic nitrogens is 1. The Morgan fingerprint density at radius 2 is 1.94 bits per heavy atom. The van der Waals surface area contributed by atoms with E-state index in [1.807, 2.05) is 28.9 Å². The van der Waals surface area contributed by atoms with Gasteiger partial charge in [-0.1, -0.05) is 29.7 Å². The molecule has 0 N–H and O–H groups in total. The zero-order chi connectivity index (χ0) is 25.0. The van der Waals surface area contributed by atoms with Crippen molar-refractivity contribution < 1.29 is 18.8 Å². The first kappa shape index (κ1) is 25.5. The van der Waals surface area contributed by atoms with E-state index in [1.54, 1.807) is 19.1 Å². The van der Waals surface area contributed by atoms with Crippen LogP contribution in [-0.2, 0) is 11.2 Å². The van der Waals surface area contributed by atoms with Crippen LogP contribution < -0.4 is 4.74 Å². The largest absolute Gasteiger partial charge is 0.493 e. The summed E-state index contributed by atoms with van der Waals surface area (Å²) in [7, 11) is 2.07. The Balaban J connectivity index is 1.55. The van der Waals surface area contributed by atoms with Crippen molar-refractivity contribution >= 4 is 23.4 Å². The summed E-state index contributed by atoms with van der Waals surface area (Å²) in [6.07, 6.45) is 2.56. The lowest BCUT2D eigenvalue weighted by Crippen LogP contribution is -2.53. The molecule has 2 aliphatic rings. The molecule has 2 saturated heterocycles. The summed E-state index contributed by atoms with van der Waals surface area (Å²) in [5, 5.41) is 4.66. The van der Waals surface area contributed by atoms with Crippen LogP contribution in [0.4, 0.5) is 0 Å². The number of aryl methyl sites for hydroxylation is 2. The average Bonchev–Trinajstić information content (AvgIpc) is 3.23. The number of piperidine rings is 1. The molecule has 2 aromatic rings. The van der Waals surface area contributed by atoms with Crippen molar-refractivity contribution in [1.82, 2.24) is 19.9 Å². The van der Waals surface area contributed by atoms with Gasteiger partial charge >= 0.3 is 0 Å². The highest BCUT2D eigenvalue weighted by molar-refractivity contribution is 6.30. The molecule has 9 heteroatoms. The van der Waals surface area contributed by atoms with Gasteiger partial charge in [0.15, 0.2) is 0 Å². The second-order valence-corrected chi connectivity index (χ2v) is 10.3. The fraction of sp³-hybridized carbons (Fsp3) is 0.577. The van der Waals surface area contributed by atoms with Crippen molar-refractivity contribution in [2.24, 2.45) is 5.41 Å². The summed E-state index contributed by atoms with van der Waals surface area (Å²) in [4.78, 5) is 33.0. The summed E-state index contributed by atoms with van der Waals surface area (Å²) in [5.74, 6) is 1.24. The van der Waals surface area contributed by atoms with Crippen molar-refractivity contribution in [1.29, 1.82) is 0 Å². The van der Waals surface area contributed by atoms with Gasteiger partial charge in [0.05, 0.1) is 12.3 Å². The van der Waals surface area contributed by atoms with Crippen LogP contribution in [0, 0.1) is 12.3 Å². The van der Waals surface area contributed by atoms with Gasteiger partial charge in [0, 0.05) is 56.1 Å². The molecular formula is C26H35ClN4O4. The summed E-state index contributed by atoms with van der Waals surface area (Å²) in [5.41, 5.74) is 0.727. The SMILES string of the molecule is CCc1noc(C)c1C(=O)N1CCCC(COc2cccc(Cl)c2)(CC(=O)N2CCN(C)CC2)C1. The molecule has 1 aromatic heterocycles. The number of ether oxygens (including phenoxy) is 1. The number of hydrogen-bond donors (Lipinski definition) is 0. The summed E-state index contributed by atoms with van der Waals surface area (Å²) in [6.45, 7) is 8.33. The van der Waals surface area contributed by atoms with Gasteiger partial charge in [-0.3, -0.25) is 9.59 Å². The smallest absolute Gasteiger partial charge is 0.259 e. The molecule has 2 amide bonds. The predicted molar refractivity (Wildman–Crippen MR) is 134 cm³/mol. The molecule has 0 saturated carbocycles. The quantitative estimate of drug-likeness (QED) is 0.575. The maximum Gasteiger partial charge on any atom is 0.259 e. The van der Waals surface area contributed by atoms with Gasteiger partial charge in [-0.15, -0.1) is 0 Å². The van der Waals surface area contributed by atoms with E-state index < -0.39 is 5.41 Å². The third-order valence-electron chi connectivity index (χ3n) is 7.15. The minimum absolute atomic E-state index is 0.0838. The number of hydrogen-bond acceptors (Lipinski definition) is 6. The Kier molecular flexibility index (Phi) is 8.02. The minimum Gasteiger partial charge on any atom is -0.493 e. The predicted octanol–water partition coefficient (Wildman–Crippen LogP) is 3.66. The van der Waals surface area contributed by atoms with Gasteiger partial charge in [0.1, 0.15) is 17.1 Å². The maximum atomic E-state index is 13.6. The van der Waals surface area contributed by atoms with Gasteiger partial charge in [-0.05, 0) is 51.4 Å². The number of amides is 2. The molecule has 4 rings (SSSR count). The Labute approximate surface area is 212 Å². The van der Waals surface area contributed by atoms with E-state index in [2.05, 4.69) is 17.1 Å². The molecule has 0 bridgehead atoms. The molecule has 0 radical (unpaired) electrons. The number of carbonyl (C=O) groups is 2. The number of halogens is 1. The molecule has 8 nitrogen and oxygen atoms in total. The third-order valence-corrected chi connectivity index (χ3v) is 7.39. The number of nitrogens with zero attached hydrogens (tertiary/aromatic N) is 4. The molecule has 1 aromatic carbocycles. The van der Waals surface area contributed by atoms with Crippen LogP contribution in [0.1, 0.15) is 48.0 Å². The number of piperazine rings is 1. The van der Waals surface area contributed by atoms with Crippen molar-refractivity contribution in [3.05, 3.63) is 46.3 Å². The number of carbonyl (C=O) groups excluding carboxylic acids is 2. The Morgan fingerprint density at radius 1 is 1.17 bits per heavy atom. The van der Waals surface area contributed by atoms with Gasteiger partial charge < -0.3 is 24.0 Å². The molecule has 3 heterocycles. The van der Waals surface area contributed by atoms with E-state index in [1.165, 1.54) is 0 Å². The first-order valence-corrected chi connectivity index (χ1v) is 12.8. The van der Waals surface area contributed by atoms with E-state index in [0.717, 1.165) is 39.0 Å². The maximum absolute atomic E-state index is 13.6.